The molecule has 3 nitrogen and oxygen atoms in total. The lowest BCUT2D eigenvalue weighted by atomic mass is 9.63. The first-order valence-corrected chi connectivity index (χ1v) is 7.82. The van der Waals surface area contributed by atoms with E-state index in [-0.39, 0.29) is 22.8 Å². The Kier molecular flexibility index (Phi) is 4.25. The van der Waals surface area contributed by atoms with Gasteiger partial charge in [0.15, 0.2) is 0 Å². The van der Waals surface area contributed by atoms with E-state index in [1.807, 2.05) is 0 Å². The largest absolute Gasteiger partial charge is 0.398 e. The second-order valence-electron chi connectivity index (χ2n) is 7.82. The zero-order valence-electron chi connectivity index (χ0n) is 13.3. The van der Waals surface area contributed by atoms with Crippen LogP contribution in [0.3, 0.4) is 0 Å². The summed E-state index contributed by atoms with van der Waals surface area (Å²) in [6.07, 6.45) is 3.19. The molecule has 0 radical (unpaired) electrons. The first-order valence-electron chi connectivity index (χ1n) is 7.44. The fourth-order valence-electron chi connectivity index (χ4n) is 3.90. The molecule has 1 amide bonds. The van der Waals surface area contributed by atoms with Gasteiger partial charge in [0.1, 0.15) is 0 Å². The Labute approximate surface area is 132 Å². The maximum atomic E-state index is 12.4. The molecule has 116 valence electrons. The minimum Gasteiger partial charge on any atom is -0.398 e. The van der Waals surface area contributed by atoms with E-state index in [1.54, 1.807) is 18.2 Å². The van der Waals surface area contributed by atoms with E-state index in [9.17, 15) is 4.79 Å². The number of hydrogen-bond acceptors (Lipinski definition) is 2. The first kappa shape index (κ1) is 16.2. The highest BCUT2D eigenvalue weighted by molar-refractivity contribution is 6.33. The van der Waals surface area contributed by atoms with Crippen molar-refractivity contribution in [3.63, 3.8) is 0 Å². The molecular formula is C17H25ClN2O. The molecule has 0 heterocycles. The predicted octanol–water partition coefficient (Wildman–Crippen LogP) is 4.26. The molecule has 0 atom stereocenters. The lowest BCUT2D eigenvalue weighted by Crippen LogP contribution is -2.46. The van der Waals surface area contributed by atoms with E-state index in [0.717, 1.165) is 12.8 Å². The van der Waals surface area contributed by atoms with Crippen molar-refractivity contribution in [2.45, 2.75) is 53.0 Å². The molecule has 0 spiro atoms. The molecule has 1 aliphatic carbocycles. The molecule has 0 aromatic heterocycles. The third kappa shape index (κ3) is 4.13. The van der Waals surface area contributed by atoms with Crippen LogP contribution in [-0.4, -0.2) is 11.9 Å². The topological polar surface area (TPSA) is 55.1 Å². The fourth-order valence-corrected chi connectivity index (χ4v) is 4.02. The van der Waals surface area contributed by atoms with E-state index >= 15 is 0 Å². The van der Waals surface area contributed by atoms with Gasteiger partial charge in [-0.15, -0.1) is 0 Å². The summed E-state index contributed by atoms with van der Waals surface area (Å²) in [5.74, 6) is -0.0723. The minimum atomic E-state index is -0.0723. The molecule has 0 bridgehead atoms. The van der Waals surface area contributed by atoms with E-state index in [1.165, 1.54) is 6.42 Å². The number of nitrogens with two attached hydrogens (primary N) is 1. The molecule has 4 heteroatoms. The van der Waals surface area contributed by atoms with Crippen LogP contribution in [0.4, 0.5) is 5.69 Å². The standard InChI is InChI=1S/C17H25ClN2O/c1-16(2)8-12(9-17(3,4)10-16)20-15(21)11-5-6-13(18)14(19)7-11/h5-7,12H,8-10,19H2,1-4H3,(H,20,21). The van der Waals surface area contributed by atoms with Gasteiger partial charge < -0.3 is 11.1 Å². The highest BCUT2D eigenvalue weighted by Gasteiger charge is 2.38. The molecule has 1 aromatic rings. The van der Waals surface area contributed by atoms with E-state index < -0.39 is 0 Å². The van der Waals surface area contributed by atoms with Gasteiger partial charge >= 0.3 is 0 Å². The molecule has 1 aromatic carbocycles. The van der Waals surface area contributed by atoms with Crippen molar-refractivity contribution in [2.75, 3.05) is 5.73 Å². The molecule has 1 saturated carbocycles. The van der Waals surface area contributed by atoms with Crippen molar-refractivity contribution in [2.24, 2.45) is 10.8 Å². The maximum absolute atomic E-state index is 12.4. The lowest BCUT2D eigenvalue weighted by molar-refractivity contribution is 0.0713. The molecule has 21 heavy (non-hydrogen) atoms. The molecule has 0 unspecified atom stereocenters. The first-order chi connectivity index (χ1) is 9.58. The third-order valence-corrected chi connectivity index (χ3v) is 4.49. The third-order valence-electron chi connectivity index (χ3n) is 4.15. The predicted molar refractivity (Wildman–Crippen MR) is 88.5 cm³/mol. The van der Waals surface area contributed by atoms with Gasteiger partial charge in [-0.2, -0.15) is 0 Å². The molecule has 1 fully saturated rings. The number of nitrogen functional groups attached to an aromatic ring is 1. The van der Waals surface area contributed by atoms with Crippen LogP contribution in [0.5, 0.6) is 0 Å². The van der Waals surface area contributed by atoms with Crippen molar-refractivity contribution in [3.8, 4) is 0 Å². The summed E-state index contributed by atoms with van der Waals surface area (Å²) in [6, 6.07) is 5.22. The fraction of sp³-hybridized carbons (Fsp3) is 0.588. The Balaban J connectivity index is 2.10. The van der Waals surface area contributed by atoms with Crippen molar-refractivity contribution < 1.29 is 4.79 Å². The average molecular weight is 309 g/mol. The Hall–Kier alpha value is -1.22. The monoisotopic (exact) mass is 308 g/mol. The van der Waals surface area contributed by atoms with Crippen LogP contribution < -0.4 is 11.1 Å². The normalized spacial score (nSPS) is 21.0. The van der Waals surface area contributed by atoms with Crippen LogP contribution in [0.25, 0.3) is 0 Å². The van der Waals surface area contributed by atoms with Crippen molar-refractivity contribution in [1.29, 1.82) is 0 Å². The molecule has 0 aliphatic heterocycles. The van der Waals surface area contributed by atoms with Crippen LogP contribution in [-0.2, 0) is 0 Å². The molecule has 1 aliphatic rings. The maximum Gasteiger partial charge on any atom is 0.251 e. The van der Waals surface area contributed by atoms with Crippen molar-refractivity contribution in [1.82, 2.24) is 5.32 Å². The quantitative estimate of drug-likeness (QED) is 0.802. The number of carbonyl (C=O) groups excluding carboxylic acids is 1. The number of anilines is 1. The summed E-state index contributed by atoms with van der Waals surface area (Å²) >= 11 is 5.90. The highest BCUT2D eigenvalue weighted by Crippen LogP contribution is 2.45. The lowest BCUT2D eigenvalue weighted by Gasteiger charge is -2.45. The second-order valence-corrected chi connectivity index (χ2v) is 8.23. The van der Waals surface area contributed by atoms with Gasteiger partial charge in [0, 0.05) is 11.6 Å². The van der Waals surface area contributed by atoms with Gasteiger partial charge in [0.05, 0.1) is 10.7 Å². The number of benzene rings is 1. The van der Waals surface area contributed by atoms with E-state index in [4.69, 9.17) is 17.3 Å². The summed E-state index contributed by atoms with van der Waals surface area (Å²) in [7, 11) is 0. The zero-order chi connectivity index (χ0) is 15.8. The van der Waals surface area contributed by atoms with Crippen LogP contribution >= 0.6 is 11.6 Å². The van der Waals surface area contributed by atoms with Gasteiger partial charge in [-0.1, -0.05) is 39.3 Å². The smallest absolute Gasteiger partial charge is 0.251 e. The van der Waals surface area contributed by atoms with Gasteiger partial charge in [-0.3, -0.25) is 4.79 Å². The van der Waals surface area contributed by atoms with Crippen molar-refractivity contribution >= 4 is 23.2 Å². The zero-order valence-corrected chi connectivity index (χ0v) is 14.1. The van der Waals surface area contributed by atoms with Crippen LogP contribution in [0.2, 0.25) is 5.02 Å². The SMILES string of the molecule is CC1(C)CC(NC(=O)c2ccc(Cl)c(N)c2)CC(C)(C)C1. The second kappa shape index (κ2) is 5.53. The minimum absolute atomic E-state index is 0.0723. The average Bonchev–Trinajstić information content (AvgIpc) is 2.28. The molecule has 2 rings (SSSR count). The van der Waals surface area contributed by atoms with Crippen LogP contribution in [0.15, 0.2) is 18.2 Å². The summed E-state index contributed by atoms with van der Waals surface area (Å²) in [5.41, 5.74) is 7.27. The molecule has 3 N–H and O–H groups in total. The molecule has 0 saturated heterocycles. The van der Waals surface area contributed by atoms with Crippen LogP contribution in [0, 0.1) is 10.8 Å². The molecular weight excluding hydrogens is 284 g/mol. The summed E-state index contributed by atoms with van der Waals surface area (Å²) < 4.78 is 0. The number of carbonyl (C=O) groups is 1. The van der Waals surface area contributed by atoms with Crippen molar-refractivity contribution in [3.05, 3.63) is 28.8 Å². The van der Waals surface area contributed by atoms with Gasteiger partial charge in [-0.05, 0) is 48.3 Å². The van der Waals surface area contributed by atoms with Gasteiger partial charge in [0.25, 0.3) is 5.91 Å². The summed E-state index contributed by atoms with van der Waals surface area (Å²) in [4.78, 5) is 12.4. The number of rotatable bonds is 2. The number of amides is 1. The Morgan fingerprint density at radius 1 is 1.24 bits per heavy atom. The van der Waals surface area contributed by atoms with E-state index in [0.29, 0.717) is 16.3 Å². The van der Waals surface area contributed by atoms with Gasteiger partial charge in [-0.25, -0.2) is 0 Å². The summed E-state index contributed by atoms with van der Waals surface area (Å²) in [6.45, 7) is 9.08. The van der Waals surface area contributed by atoms with Gasteiger partial charge in [0.2, 0.25) is 0 Å². The highest BCUT2D eigenvalue weighted by atomic mass is 35.5. The Bertz CT molecular complexity index is 536. The van der Waals surface area contributed by atoms with E-state index in [2.05, 4.69) is 33.0 Å². The number of nitrogens with one attached hydrogen (secondary N) is 1. The Morgan fingerprint density at radius 2 is 1.81 bits per heavy atom. The Morgan fingerprint density at radius 3 is 2.33 bits per heavy atom. The number of halogens is 1. The summed E-state index contributed by atoms with van der Waals surface area (Å²) in [5, 5.41) is 3.63. The number of hydrogen-bond donors (Lipinski definition) is 2. The van der Waals surface area contributed by atoms with Crippen LogP contribution in [0.1, 0.15) is 57.3 Å².